The summed E-state index contributed by atoms with van der Waals surface area (Å²) in [4.78, 5) is 24.8. The molecule has 2 amide bonds. The summed E-state index contributed by atoms with van der Waals surface area (Å²) in [5.74, 6) is 2.14. The summed E-state index contributed by atoms with van der Waals surface area (Å²) in [6.07, 6.45) is 2.33. The van der Waals surface area contributed by atoms with Gasteiger partial charge in [-0.3, -0.25) is 9.59 Å². The summed E-state index contributed by atoms with van der Waals surface area (Å²) >= 11 is 1.38. The van der Waals surface area contributed by atoms with Crippen molar-refractivity contribution in [3.05, 3.63) is 59.9 Å². The molecule has 1 aromatic heterocycles. The first-order valence-corrected chi connectivity index (χ1v) is 11.5. The molecular weight excluding hydrogens is 426 g/mol. The molecule has 3 aromatic rings. The standard InChI is InChI=1S/C23H25N5O3S/c1-3-28-21(15-4-5-15)26-27-23(28)32-14-20(29)24-17-8-6-16(7-9-17)22(30)25-18-10-12-19(31-2)13-11-18/h6-13,15H,3-5,14H2,1-2H3,(H,24,29)(H,25,30). The van der Waals surface area contributed by atoms with Gasteiger partial charge in [0.1, 0.15) is 11.6 Å². The topological polar surface area (TPSA) is 98.1 Å². The summed E-state index contributed by atoms with van der Waals surface area (Å²) in [6, 6.07) is 13.9. The van der Waals surface area contributed by atoms with E-state index < -0.39 is 0 Å². The van der Waals surface area contributed by atoms with Crippen molar-refractivity contribution in [1.82, 2.24) is 14.8 Å². The molecule has 1 heterocycles. The third-order valence-corrected chi connectivity index (χ3v) is 6.08. The maximum absolute atomic E-state index is 12.4. The Hall–Kier alpha value is -3.33. The van der Waals surface area contributed by atoms with Gasteiger partial charge < -0.3 is 19.9 Å². The number of hydrogen-bond acceptors (Lipinski definition) is 6. The lowest BCUT2D eigenvalue weighted by molar-refractivity contribution is -0.113. The number of nitrogens with zero attached hydrogens (tertiary/aromatic N) is 3. The number of aromatic nitrogens is 3. The van der Waals surface area contributed by atoms with E-state index in [0.29, 0.717) is 22.9 Å². The molecule has 2 N–H and O–H groups in total. The minimum absolute atomic E-state index is 0.135. The van der Waals surface area contributed by atoms with Crippen LogP contribution < -0.4 is 15.4 Å². The Kier molecular flexibility index (Phi) is 6.75. The van der Waals surface area contributed by atoms with Crippen molar-refractivity contribution in [2.24, 2.45) is 0 Å². The van der Waals surface area contributed by atoms with Crippen LogP contribution >= 0.6 is 11.8 Å². The number of thioether (sulfide) groups is 1. The number of anilines is 2. The average Bonchev–Trinajstić information content (AvgIpc) is 3.58. The van der Waals surface area contributed by atoms with Crippen LogP contribution in [0.3, 0.4) is 0 Å². The highest BCUT2D eigenvalue weighted by Crippen LogP contribution is 2.40. The van der Waals surface area contributed by atoms with Crippen LogP contribution in [0.5, 0.6) is 5.75 Å². The van der Waals surface area contributed by atoms with Gasteiger partial charge in [-0.2, -0.15) is 0 Å². The zero-order valence-electron chi connectivity index (χ0n) is 18.0. The summed E-state index contributed by atoms with van der Waals surface area (Å²) in [6.45, 7) is 2.86. The molecule has 0 spiro atoms. The van der Waals surface area contributed by atoms with E-state index in [1.165, 1.54) is 11.8 Å². The second kappa shape index (κ2) is 9.86. The van der Waals surface area contributed by atoms with Crippen LogP contribution in [0.2, 0.25) is 0 Å². The molecule has 0 radical (unpaired) electrons. The van der Waals surface area contributed by atoms with E-state index in [4.69, 9.17) is 4.74 Å². The summed E-state index contributed by atoms with van der Waals surface area (Å²) in [5, 5.41) is 15.0. The van der Waals surface area contributed by atoms with Gasteiger partial charge in [0.05, 0.1) is 12.9 Å². The molecule has 0 bridgehead atoms. The number of hydrogen-bond donors (Lipinski definition) is 2. The maximum Gasteiger partial charge on any atom is 0.255 e. The normalized spacial score (nSPS) is 12.9. The molecule has 0 atom stereocenters. The number of carbonyl (C=O) groups is 2. The average molecular weight is 452 g/mol. The first-order valence-electron chi connectivity index (χ1n) is 10.5. The number of carbonyl (C=O) groups excluding carboxylic acids is 2. The molecule has 1 aliphatic rings. The molecule has 8 nitrogen and oxygen atoms in total. The molecule has 166 valence electrons. The van der Waals surface area contributed by atoms with E-state index in [1.54, 1.807) is 55.6 Å². The maximum atomic E-state index is 12.4. The summed E-state index contributed by atoms with van der Waals surface area (Å²) < 4.78 is 7.20. The van der Waals surface area contributed by atoms with Gasteiger partial charge in [-0.05, 0) is 68.3 Å². The van der Waals surface area contributed by atoms with Crippen molar-refractivity contribution in [3.8, 4) is 5.75 Å². The van der Waals surface area contributed by atoms with Gasteiger partial charge in [0, 0.05) is 29.4 Å². The van der Waals surface area contributed by atoms with Gasteiger partial charge in [-0.15, -0.1) is 10.2 Å². The first kappa shape index (κ1) is 21.9. The van der Waals surface area contributed by atoms with Crippen molar-refractivity contribution in [3.63, 3.8) is 0 Å². The lowest BCUT2D eigenvalue weighted by atomic mass is 10.2. The predicted molar refractivity (Wildman–Crippen MR) is 124 cm³/mol. The minimum atomic E-state index is -0.228. The van der Waals surface area contributed by atoms with E-state index in [2.05, 4.69) is 32.3 Å². The molecule has 0 aliphatic heterocycles. The minimum Gasteiger partial charge on any atom is -0.497 e. The van der Waals surface area contributed by atoms with Crippen LogP contribution in [0, 0.1) is 0 Å². The first-order chi connectivity index (χ1) is 15.6. The van der Waals surface area contributed by atoms with Crippen molar-refractivity contribution < 1.29 is 14.3 Å². The molecule has 9 heteroatoms. The molecule has 2 aromatic carbocycles. The molecule has 1 fully saturated rings. The Morgan fingerprint density at radius 1 is 1.03 bits per heavy atom. The van der Waals surface area contributed by atoms with Crippen molar-refractivity contribution in [2.75, 3.05) is 23.5 Å². The van der Waals surface area contributed by atoms with Crippen LogP contribution in [-0.2, 0) is 11.3 Å². The second-order valence-corrected chi connectivity index (χ2v) is 8.40. The van der Waals surface area contributed by atoms with Crippen molar-refractivity contribution in [1.29, 1.82) is 0 Å². The van der Waals surface area contributed by atoms with E-state index in [1.807, 2.05) is 0 Å². The van der Waals surface area contributed by atoms with Crippen molar-refractivity contribution in [2.45, 2.75) is 37.4 Å². The van der Waals surface area contributed by atoms with E-state index in [9.17, 15) is 9.59 Å². The van der Waals surface area contributed by atoms with Crippen LogP contribution in [0.15, 0.2) is 53.7 Å². The number of benzene rings is 2. The van der Waals surface area contributed by atoms with E-state index >= 15 is 0 Å². The molecule has 1 saturated carbocycles. The molecule has 0 saturated heterocycles. The van der Waals surface area contributed by atoms with Gasteiger partial charge in [0.25, 0.3) is 5.91 Å². The predicted octanol–water partition coefficient (Wildman–Crippen LogP) is 4.17. The third-order valence-electron chi connectivity index (χ3n) is 5.12. The Labute approximate surface area is 190 Å². The molecule has 0 unspecified atom stereocenters. The molecule has 32 heavy (non-hydrogen) atoms. The Bertz CT molecular complexity index is 1090. The summed E-state index contributed by atoms with van der Waals surface area (Å²) in [7, 11) is 1.59. The highest BCUT2D eigenvalue weighted by Gasteiger charge is 2.30. The Morgan fingerprint density at radius 3 is 2.31 bits per heavy atom. The zero-order chi connectivity index (χ0) is 22.5. The molecular formula is C23H25N5O3S. The van der Waals surface area contributed by atoms with Gasteiger partial charge in [-0.1, -0.05) is 11.8 Å². The highest BCUT2D eigenvalue weighted by atomic mass is 32.2. The number of rotatable bonds is 9. The highest BCUT2D eigenvalue weighted by molar-refractivity contribution is 7.99. The number of ether oxygens (including phenoxy) is 1. The largest absolute Gasteiger partial charge is 0.497 e. The molecule has 4 rings (SSSR count). The fourth-order valence-electron chi connectivity index (χ4n) is 3.26. The van der Waals surface area contributed by atoms with Gasteiger partial charge in [0.2, 0.25) is 5.91 Å². The van der Waals surface area contributed by atoms with Crippen LogP contribution in [0.4, 0.5) is 11.4 Å². The zero-order valence-corrected chi connectivity index (χ0v) is 18.8. The SMILES string of the molecule is CCn1c(SCC(=O)Nc2ccc(C(=O)Nc3ccc(OC)cc3)cc2)nnc1C1CC1. The van der Waals surface area contributed by atoms with Crippen molar-refractivity contribution >= 4 is 35.0 Å². The van der Waals surface area contributed by atoms with E-state index in [0.717, 1.165) is 36.1 Å². The number of amides is 2. The lowest BCUT2D eigenvalue weighted by Gasteiger charge is -2.09. The van der Waals surface area contributed by atoms with Crippen LogP contribution in [0.25, 0.3) is 0 Å². The Balaban J connectivity index is 1.29. The van der Waals surface area contributed by atoms with Gasteiger partial charge >= 0.3 is 0 Å². The lowest BCUT2D eigenvalue weighted by Crippen LogP contribution is -2.15. The quantitative estimate of drug-likeness (QED) is 0.474. The molecule has 1 aliphatic carbocycles. The fourth-order valence-corrected chi connectivity index (χ4v) is 4.07. The fraction of sp³-hybridized carbons (Fsp3) is 0.304. The van der Waals surface area contributed by atoms with Gasteiger partial charge in [0.15, 0.2) is 5.16 Å². The summed E-state index contributed by atoms with van der Waals surface area (Å²) in [5.41, 5.74) is 1.80. The smallest absolute Gasteiger partial charge is 0.255 e. The van der Waals surface area contributed by atoms with Crippen LogP contribution in [-0.4, -0.2) is 39.4 Å². The third kappa shape index (κ3) is 5.28. The second-order valence-electron chi connectivity index (χ2n) is 7.46. The van der Waals surface area contributed by atoms with Crippen LogP contribution in [0.1, 0.15) is 41.9 Å². The Morgan fingerprint density at radius 2 is 1.69 bits per heavy atom. The van der Waals surface area contributed by atoms with E-state index in [-0.39, 0.29) is 17.6 Å². The monoisotopic (exact) mass is 451 g/mol. The number of nitrogens with one attached hydrogen (secondary N) is 2. The number of methoxy groups -OCH3 is 1. The van der Waals surface area contributed by atoms with Gasteiger partial charge in [-0.25, -0.2) is 0 Å².